The zero-order chi connectivity index (χ0) is 13.7. The maximum atomic E-state index is 5.36. The van der Waals surface area contributed by atoms with Crippen LogP contribution in [0.25, 0.3) is 0 Å². The van der Waals surface area contributed by atoms with Gasteiger partial charge in [0, 0.05) is 30.4 Å². The fraction of sp³-hybridized carbons (Fsp3) is 0.357. The highest BCUT2D eigenvalue weighted by atomic mass is 16.5. The first-order valence-corrected chi connectivity index (χ1v) is 6.15. The minimum Gasteiger partial charge on any atom is -0.497 e. The van der Waals surface area contributed by atoms with Crippen LogP contribution in [0.1, 0.15) is 17.0 Å². The highest BCUT2D eigenvalue weighted by Crippen LogP contribution is 2.24. The average molecular weight is 261 g/mol. The first-order chi connectivity index (χ1) is 9.24. The molecule has 1 heterocycles. The van der Waals surface area contributed by atoms with E-state index in [9.17, 15) is 0 Å². The lowest BCUT2D eigenvalue weighted by Crippen LogP contribution is -2.14. The van der Waals surface area contributed by atoms with Crippen molar-refractivity contribution >= 4 is 0 Å². The summed E-state index contributed by atoms with van der Waals surface area (Å²) in [5.74, 6) is 1.62. The number of ether oxygens (including phenoxy) is 2. The van der Waals surface area contributed by atoms with Gasteiger partial charge in [-0.2, -0.15) is 0 Å². The van der Waals surface area contributed by atoms with Crippen molar-refractivity contribution in [1.82, 2.24) is 15.3 Å². The predicted octanol–water partition coefficient (Wildman–Crippen LogP) is 2.03. The highest BCUT2D eigenvalue weighted by molar-refractivity contribution is 5.40. The molecule has 1 aromatic carbocycles. The van der Waals surface area contributed by atoms with Crippen molar-refractivity contribution in [3.05, 3.63) is 41.5 Å². The third-order valence-electron chi connectivity index (χ3n) is 3.04. The van der Waals surface area contributed by atoms with E-state index in [-0.39, 0.29) is 0 Å². The van der Waals surface area contributed by atoms with E-state index in [1.54, 1.807) is 20.5 Å². The lowest BCUT2D eigenvalue weighted by atomic mass is 10.2. The van der Waals surface area contributed by atoms with Crippen LogP contribution in [0, 0.1) is 6.92 Å². The summed E-state index contributed by atoms with van der Waals surface area (Å²) >= 11 is 0. The number of nitrogens with zero attached hydrogens (tertiary/aromatic N) is 1. The number of aryl methyl sites for hydroxylation is 1. The summed E-state index contributed by atoms with van der Waals surface area (Å²) in [7, 11) is 3.31. The number of rotatable bonds is 6. The van der Waals surface area contributed by atoms with Gasteiger partial charge in [0.15, 0.2) is 0 Å². The van der Waals surface area contributed by atoms with Gasteiger partial charge < -0.3 is 19.8 Å². The van der Waals surface area contributed by atoms with Gasteiger partial charge in [-0.05, 0) is 13.0 Å². The molecule has 0 aliphatic carbocycles. The molecule has 0 fully saturated rings. The molecule has 2 N–H and O–H groups in total. The number of hydrogen-bond acceptors (Lipinski definition) is 4. The standard InChI is InChI=1S/C14H19N3O2/c1-10-13(17-9-16-10)8-15-7-11-4-5-12(18-2)6-14(11)19-3/h4-6,9,15H,7-8H2,1-3H3,(H,16,17). The number of imidazole rings is 1. The number of nitrogens with one attached hydrogen (secondary N) is 2. The molecule has 102 valence electrons. The summed E-state index contributed by atoms with van der Waals surface area (Å²) in [5, 5.41) is 3.35. The van der Waals surface area contributed by atoms with Gasteiger partial charge in [-0.25, -0.2) is 4.98 Å². The van der Waals surface area contributed by atoms with Crippen LogP contribution in [0.15, 0.2) is 24.5 Å². The molecule has 5 nitrogen and oxygen atoms in total. The fourth-order valence-electron chi connectivity index (χ4n) is 1.88. The van der Waals surface area contributed by atoms with E-state index >= 15 is 0 Å². The molecule has 0 amide bonds. The summed E-state index contributed by atoms with van der Waals surface area (Å²) < 4.78 is 10.5. The molecule has 0 atom stereocenters. The van der Waals surface area contributed by atoms with Gasteiger partial charge in [-0.3, -0.25) is 0 Å². The number of hydrogen-bond donors (Lipinski definition) is 2. The molecule has 0 bridgehead atoms. The largest absolute Gasteiger partial charge is 0.497 e. The molecule has 1 aromatic heterocycles. The minimum atomic E-state index is 0.722. The van der Waals surface area contributed by atoms with E-state index in [1.165, 1.54) is 0 Å². The number of H-pyrrole nitrogens is 1. The van der Waals surface area contributed by atoms with Crippen LogP contribution in [0.3, 0.4) is 0 Å². The summed E-state index contributed by atoms with van der Waals surface area (Å²) in [6, 6.07) is 5.82. The summed E-state index contributed by atoms with van der Waals surface area (Å²) in [6.45, 7) is 3.46. The van der Waals surface area contributed by atoms with E-state index in [1.807, 2.05) is 25.1 Å². The Bertz CT molecular complexity index is 537. The zero-order valence-corrected chi connectivity index (χ0v) is 11.5. The first-order valence-electron chi connectivity index (χ1n) is 6.15. The van der Waals surface area contributed by atoms with Gasteiger partial charge in [0.1, 0.15) is 11.5 Å². The number of aromatic amines is 1. The quantitative estimate of drug-likeness (QED) is 0.835. The van der Waals surface area contributed by atoms with Crippen LogP contribution in [-0.4, -0.2) is 24.2 Å². The van der Waals surface area contributed by atoms with Crippen LogP contribution < -0.4 is 14.8 Å². The lowest BCUT2D eigenvalue weighted by molar-refractivity contribution is 0.389. The van der Waals surface area contributed by atoms with E-state index in [0.717, 1.165) is 41.5 Å². The van der Waals surface area contributed by atoms with Crippen LogP contribution in [0.2, 0.25) is 0 Å². The summed E-state index contributed by atoms with van der Waals surface area (Å²) in [6.07, 6.45) is 1.71. The van der Waals surface area contributed by atoms with Gasteiger partial charge in [-0.1, -0.05) is 6.07 Å². The molecule has 2 aromatic rings. The molecule has 5 heteroatoms. The Morgan fingerprint density at radius 2 is 2.05 bits per heavy atom. The van der Waals surface area contributed by atoms with Crippen molar-refractivity contribution in [2.45, 2.75) is 20.0 Å². The van der Waals surface area contributed by atoms with E-state index in [2.05, 4.69) is 15.3 Å². The van der Waals surface area contributed by atoms with Crippen LogP contribution >= 0.6 is 0 Å². The monoisotopic (exact) mass is 261 g/mol. The highest BCUT2D eigenvalue weighted by Gasteiger charge is 2.05. The molecule has 0 radical (unpaired) electrons. The maximum Gasteiger partial charge on any atom is 0.127 e. The number of aromatic nitrogens is 2. The molecule has 0 aliphatic rings. The topological polar surface area (TPSA) is 59.2 Å². The normalized spacial score (nSPS) is 10.5. The lowest BCUT2D eigenvalue weighted by Gasteiger charge is -2.11. The smallest absolute Gasteiger partial charge is 0.127 e. The van der Waals surface area contributed by atoms with Crippen molar-refractivity contribution in [3.63, 3.8) is 0 Å². The second kappa shape index (κ2) is 6.24. The Balaban J connectivity index is 1.97. The molecule has 0 unspecified atom stereocenters. The van der Waals surface area contributed by atoms with Gasteiger partial charge in [0.2, 0.25) is 0 Å². The molecular weight excluding hydrogens is 242 g/mol. The third kappa shape index (κ3) is 3.26. The van der Waals surface area contributed by atoms with Crippen molar-refractivity contribution in [1.29, 1.82) is 0 Å². The van der Waals surface area contributed by atoms with Gasteiger partial charge in [0.25, 0.3) is 0 Å². The van der Waals surface area contributed by atoms with Crippen molar-refractivity contribution < 1.29 is 9.47 Å². The van der Waals surface area contributed by atoms with E-state index in [0.29, 0.717) is 0 Å². The first kappa shape index (κ1) is 13.4. The minimum absolute atomic E-state index is 0.722. The summed E-state index contributed by atoms with van der Waals surface area (Å²) in [4.78, 5) is 7.31. The Labute approximate surface area is 113 Å². The molecular formula is C14H19N3O2. The molecule has 0 spiro atoms. The van der Waals surface area contributed by atoms with Gasteiger partial charge in [0.05, 0.1) is 26.2 Å². The molecule has 2 rings (SSSR count). The Morgan fingerprint density at radius 1 is 1.21 bits per heavy atom. The molecule has 0 saturated heterocycles. The molecule has 19 heavy (non-hydrogen) atoms. The fourth-order valence-corrected chi connectivity index (χ4v) is 1.88. The van der Waals surface area contributed by atoms with Crippen LogP contribution in [0.4, 0.5) is 0 Å². The second-order valence-corrected chi connectivity index (χ2v) is 4.26. The van der Waals surface area contributed by atoms with Crippen LogP contribution in [-0.2, 0) is 13.1 Å². The zero-order valence-electron chi connectivity index (χ0n) is 11.5. The van der Waals surface area contributed by atoms with E-state index in [4.69, 9.17) is 9.47 Å². The van der Waals surface area contributed by atoms with Crippen molar-refractivity contribution in [3.8, 4) is 11.5 Å². The van der Waals surface area contributed by atoms with Crippen molar-refractivity contribution in [2.75, 3.05) is 14.2 Å². The Hall–Kier alpha value is -2.01. The second-order valence-electron chi connectivity index (χ2n) is 4.26. The molecule has 0 saturated carbocycles. The average Bonchev–Trinajstić information content (AvgIpc) is 2.84. The summed E-state index contributed by atoms with van der Waals surface area (Å²) in [5.41, 5.74) is 3.22. The number of methoxy groups -OCH3 is 2. The van der Waals surface area contributed by atoms with Crippen LogP contribution in [0.5, 0.6) is 11.5 Å². The van der Waals surface area contributed by atoms with Gasteiger partial charge in [-0.15, -0.1) is 0 Å². The Kier molecular flexibility index (Phi) is 4.41. The SMILES string of the molecule is COc1ccc(CNCc2nc[nH]c2C)c(OC)c1. The van der Waals surface area contributed by atoms with E-state index < -0.39 is 0 Å². The molecule has 0 aliphatic heterocycles. The predicted molar refractivity (Wildman–Crippen MR) is 73.4 cm³/mol. The van der Waals surface area contributed by atoms with Gasteiger partial charge >= 0.3 is 0 Å². The Morgan fingerprint density at radius 3 is 2.68 bits per heavy atom. The third-order valence-corrected chi connectivity index (χ3v) is 3.04. The van der Waals surface area contributed by atoms with Crippen molar-refractivity contribution in [2.24, 2.45) is 0 Å². The maximum absolute atomic E-state index is 5.36. The number of benzene rings is 1.